The average molecular weight is 252 g/mol. The van der Waals surface area contributed by atoms with Crippen LogP contribution < -0.4 is 4.74 Å². The Morgan fingerprint density at radius 3 is 2.78 bits per heavy atom. The highest BCUT2D eigenvalue weighted by Crippen LogP contribution is 2.23. The molecule has 0 saturated carbocycles. The summed E-state index contributed by atoms with van der Waals surface area (Å²) in [7, 11) is 2.60. The fourth-order valence-electron chi connectivity index (χ4n) is 1.32. The Morgan fingerprint density at radius 1 is 1.33 bits per heavy atom. The van der Waals surface area contributed by atoms with Gasteiger partial charge < -0.3 is 14.0 Å². The van der Waals surface area contributed by atoms with Crippen molar-refractivity contribution in [2.45, 2.75) is 0 Å². The first-order valence-electron chi connectivity index (χ1n) is 4.91. The molecule has 18 heavy (non-hydrogen) atoms. The van der Waals surface area contributed by atoms with E-state index in [1.807, 2.05) is 0 Å². The Bertz CT molecular complexity index is 582. The Hall–Kier alpha value is -2.44. The molecular weight excluding hydrogens is 243 g/mol. The molecule has 1 heterocycles. The molecule has 0 bridgehead atoms. The van der Waals surface area contributed by atoms with Gasteiger partial charge in [0.2, 0.25) is 5.82 Å². The first-order valence-corrected chi connectivity index (χ1v) is 4.91. The fourth-order valence-corrected chi connectivity index (χ4v) is 1.32. The SMILES string of the molecule is COC(=O)c1nc(-c2cc(F)cc(OC)c2)no1. The average Bonchev–Trinajstić information content (AvgIpc) is 2.86. The number of carbonyl (C=O) groups is 1. The third kappa shape index (κ3) is 2.29. The molecule has 1 aromatic heterocycles. The highest BCUT2D eigenvalue weighted by atomic mass is 19.1. The van der Waals surface area contributed by atoms with Crippen LogP contribution in [0.25, 0.3) is 11.4 Å². The van der Waals surface area contributed by atoms with Crippen molar-refractivity contribution in [2.75, 3.05) is 14.2 Å². The lowest BCUT2D eigenvalue weighted by atomic mass is 10.2. The molecule has 0 amide bonds. The lowest BCUT2D eigenvalue weighted by Crippen LogP contribution is -2.01. The molecule has 6 nitrogen and oxygen atoms in total. The maximum Gasteiger partial charge on any atom is 0.397 e. The summed E-state index contributed by atoms with van der Waals surface area (Å²) in [5.74, 6) is -1.16. The van der Waals surface area contributed by atoms with E-state index >= 15 is 0 Å². The van der Waals surface area contributed by atoms with Crippen molar-refractivity contribution in [2.24, 2.45) is 0 Å². The second-order valence-electron chi connectivity index (χ2n) is 3.29. The molecule has 2 rings (SSSR count). The van der Waals surface area contributed by atoms with E-state index in [0.717, 1.165) is 0 Å². The summed E-state index contributed by atoms with van der Waals surface area (Å²) >= 11 is 0. The zero-order valence-electron chi connectivity index (χ0n) is 9.64. The van der Waals surface area contributed by atoms with Crippen molar-refractivity contribution >= 4 is 5.97 Å². The minimum atomic E-state index is -0.753. The second kappa shape index (κ2) is 4.82. The Balaban J connectivity index is 2.39. The first-order chi connectivity index (χ1) is 8.63. The van der Waals surface area contributed by atoms with E-state index in [-0.39, 0.29) is 11.7 Å². The monoisotopic (exact) mass is 252 g/mol. The summed E-state index contributed by atoms with van der Waals surface area (Å²) in [5.41, 5.74) is 0.339. The van der Waals surface area contributed by atoms with Crippen molar-refractivity contribution in [1.82, 2.24) is 10.1 Å². The molecule has 94 valence electrons. The van der Waals surface area contributed by atoms with Crippen LogP contribution in [0, 0.1) is 5.82 Å². The summed E-state index contributed by atoms with van der Waals surface area (Å²) in [6.45, 7) is 0. The summed E-state index contributed by atoms with van der Waals surface area (Å²) in [4.78, 5) is 14.9. The zero-order chi connectivity index (χ0) is 13.1. The third-order valence-corrected chi connectivity index (χ3v) is 2.15. The predicted molar refractivity (Wildman–Crippen MR) is 57.6 cm³/mol. The van der Waals surface area contributed by atoms with Crippen LogP contribution in [-0.2, 0) is 4.74 Å². The van der Waals surface area contributed by atoms with Crippen molar-refractivity contribution in [3.8, 4) is 17.1 Å². The van der Waals surface area contributed by atoms with Gasteiger partial charge in [-0.05, 0) is 12.1 Å². The number of methoxy groups -OCH3 is 2. The lowest BCUT2D eigenvalue weighted by molar-refractivity contribution is 0.0545. The summed E-state index contributed by atoms with van der Waals surface area (Å²) < 4.78 is 27.3. The Kier molecular flexibility index (Phi) is 3.22. The van der Waals surface area contributed by atoms with Gasteiger partial charge in [-0.25, -0.2) is 9.18 Å². The van der Waals surface area contributed by atoms with E-state index in [1.54, 1.807) is 0 Å². The number of hydrogen-bond acceptors (Lipinski definition) is 6. The van der Waals surface area contributed by atoms with Gasteiger partial charge in [-0.3, -0.25) is 0 Å². The highest BCUT2D eigenvalue weighted by molar-refractivity contribution is 5.84. The van der Waals surface area contributed by atoms with Gasteiger partial charge in [-0.15, -0.1) is 0 Å². The summed E-state index contributed by atoms with van der Waals surface area (Å²) in [5, 5.41) is 3.56. The number of ether oxygens (including phenoxy) is 2. The number of hydrogen-bond donors (Lipinski definition) is 0. The molecule has 0 atom stereocenters. The molecule has 0 fully saturated rings. The zero-order valence-corrected chi connectivity index (χ0v) is 9.64. The second-order valence-corrected chi connectivity index (χ2v) is 3.29. The van der Waals surface area contributed by atoms with Gasteiger partial charge in [0.05, 0.1) is 14.2 Å². The molecule has 0 N–H and O–H groups in total. The predicted octanol–water partition coefficient (Wildman–Crippen LogP) is 1.67. The number of carbonyl (C=O) groups excluding carboxylic acids is 1. The molecule has 0 aliphatic rings. The molecule has 0 saturated heterocycles. The van der Waals surface area contributed by atoms with Gasteiger partial charge in [0, 0.05) is 11.6 Å². The topological polar surface area (TPSA) is 74.5 Å². The van der Waals surface area contributed by atoms with Crippen LogP contribution in [0.2, 0.25) is 0 Å². The Labute approximate surface area is 101 Å². The van der Waals surface area contributed by atoms with Gasteiger partial charge in [0.1, 0.15) is 11.6 Å². The van der Waals surface area contributed by atoms with Crippen LogP contribution >= 0.6 is 0 Å². The normalized spacial score (nSPS) is 10.2. The maximum absolute atomic E-state index is 13.3. The molecule has 0 unspecified atom stereocenters. The first kappa shape index (κ1) is 12.0. The number of halogens is 1. The van der Waals surface area contributed by atoms with Crippen molar-refractivity contribution in [1.29, 1.82) is 0 Å². The molecule has 1 aromatic carbocycles. The van der Waals surface area contributed by atoms with E-state index in [0.29, 0.717) is 11.3 Å². The molecule has 0 aliphatic heterocycles. The maximum atomic E-state index is 13.3. The largest absolute Gasteiger partial charge is 0.497 e. The van der Waals surface area contributed by atoms with Crippen LogP contribution in [0.15, 0.2) is 22.7 Å². The number of esters is 1. The number of nitrogens with zero attached hydrogens (tertiary/aromatic N) is 2. The smallest absolute Gasteiger partial charge is 0.397 e. The molecule has 0 radical (unpaired) electrons. The van der Waals surface area contributed by atoms with E-state index < -0.39 is 11.8 Å². The molecule has 0 aliphatic carbocycles. The Morgan fingerprint density at radius 2 is 2.11 bits per heavy atom. The number of aromatic nitrogens is 2. The van der Waals surface area contributed by atoms with Gasteiger partial charge >= 0.3 is 11.9 Å². The summed E-state index contributed by atoms with van der Waals surface area (Å²) in [6.07, 6.45) is 0. The van der Waals surface area contributed by atoms with Gasteiger partial charge in [-0.2, -0.15) is 4.98 Å². The molecule has 7 heteroatoms. The van der Waals surface area contributed by atoms with E-state index in [4.69, 9.17) is 4.74 Å². The summed E-state index contributed by atoms with van der Waals surface area (Å²) in [6, 6.07) is 3.94. The number of benzene rings is 1. The van der Waals surface area contributed by atoms with Crippen molar-refractivity contribution < 1.29 is 23.2 Å². The van der Waals surface area contributed by atoms with E-state index in [9.17, 15) is 9.18 Å². The van der Waals surface area contributed by atoms with Crippen molar-refractivity contribution in [3.05, 3.63) is 29.9 Å². The van der Waals surface area contributed by atoms with Crippen LogP contribution in [0.4, 0.5) is 4.39 Å². The molecule has 2 aromatic rings. The highest BCUT2D eigenvalue weighted by Gasteiger charge is 2.17. The van der Waals surface area contributed by atoms with Crippen molar-refractivity contribution in [3.63, 3.8) is 0 Å². The third-order valence-electron chi connectivity index (χ3n) is 2.15. The fraction of sp³-hybridized carbons (Fsp3) is 0.182. The quantitative estimate of drug-likeness (QED) is 0.773. The number of rotatable bonds is 3. The van der Waals surface area contributed by atoms with Crippen LogP contribution in [0.5, 0.6) is 5.75 Å². The standard InChI is InChI=1S/C11H9FN2O4/c1-16-8-4-6(3-7(12)5-8)9-13-10(18-14-9)11(15)17-2/h3-5H,1-2H3. The van der Waals surface area contributed by atoms with Gasteiger partial charge in [0.15, 0.2) is 0 Å². The van der Waals surface area contributed by atoms with E-state index in [2.05, 4.69) is 19.4 Å². The lowest BCUT2D eigenvalue weighted by Gasteiger charge is -2.01. The van der Waals surface area contributed by atoms with Gasteiger partial charge in [0.25, 0.3) is 0 Å². The van der Waals surface area contributed by atoms with Crippen LogP contribution in [0.3, 0.4) is 0 Å². The minimum Gasteiger partial charge on any atom is -0.497 e. The molecule has 0 spiro atoms. The molecular formula is C11H9FN2O4. The van der Waals surface area contributed by atoms with Gasteiger partial charge in [-0.1, -0.05) is 5.16 Å². The van der Waals surface area contributed by atoms with Crippen LogP contribution in [0.1, 0.15) is 10.7 Å². The van der Waals surface area contributed by atoms with E-state index in [1.165, 1.54) is 32.4 Å². The van der Waals surface area contributed by atoms with Crippen LogP contribution in [-0.4, -0.2) is 30.3 Å². The minimum absolute atomic E-state index is 0.0770.